The van der Waals surface area contributed by atoms with Crippen LogP contribution in [0.2, 0.25) is 0 Å². The van der Waals surface area contributed by atoms with Crippen molar-refractivity contribution < 1.29 is 17.9 Å². The molecule has 0 aromatic heterocycles. The Kier molecular flexibility index (Phi) is 4.27. The normalized spacial score (nSPS) is 23.5. The molecule has 0 bridgehead atoms. The molecule has 1 aromatic carbocycles. The second kappa shape index (κ2) is 5.14. The largest absolute Gasteiger partial charge is 0.490 e. The summed E-state index contributed by atoms with van der Waals surface area (Å²) in [7, 11) is 0. The molecular formula is C11H13ClF3NO. The Labute approximate surface area is 103 Å². The van der Waals surface area contributed by atoms with Crippen LogP contribution < -0.4 is 10.5 Å². The molecule has 1 aromatic rings. The smallest absolute Gasteiger partial charge is 0.416 e. The molecular weight excluding hydrogens is 255 g/mol. The van der Waals surface area contributed by atoms with Crippen LogP contribution in [0.25, 0.3) is 0 Å². The molecule has 1 aliphatic rings. The summed E-state index contributed by atoms with van der Waals surface area (Å²) in [5.74, 6) is 0.463. The summed E-state index contributed by atoms with van der Waals surface area (Å²) < 4.78 is 42.2. The van der Waals surface area contributed by atoms with Gasteiger partial charge in [0.25, 0.3) is 0 Å². The molecule has 0 radical (unpaired) electrons. The lowest BCUT2D eigenvalue weighted by Gasteiger charge is -2.32. The van der Waals surface area contributed by atoms with Crippen LogP contribution in [0, 0.1) is 0 Å². The first-order valence-electron chi connectivity index (χ1n) is 5.04. The summed E-state index contributed by atoms with van der Waals surface area (Å²) in [6.45, 7) is 0. The highest BCUT2D eigenvalue weighted by Gasteiger charge is 2.31. The Morgan fingerprint density at radius 1 is 1.12 bits per heavy atom. The summed E-state index contributed by atoms with van der Waals surface area (Å²) in [4.78, 5) is 0. The van der Waals surface area contributed by atoms with E-state index in [2.05, 4.69) is 0 Å². The van der Waals surface area contributed by atoms with Crippen molar-refractivity contribution in [3.63, 3.8) is 0 Å². The lowest BCUT2D eigenvalue weighted by Crippen LogP contribution is -2.43. The number of hydrogen-bond donors (Lipinski definition) is 1. The van der Waals surface area contributed by atoms with Gasteiger partial charge in [0, 0.05) is 6.04 Å². The predicted octanol–water partition coefficient (Wildman–Crippen LogP) is 3.00. The van der Waals surface area contributed by atoms with E-state index in [-0.39, 0.29) is 24.6 Å². The third-order valence-electron chi connectivity index (χ3n) is 2.62. The van der Waals surface area contributed by atoms with E-state index >= 15 is 0 Å². The fourth-order valence-electron chi connectivity index (χ4n) is 1.62. The maximum absolute atomic E-state index is 12.3. The zero-order chi connectivity index (χ0) is 11.8. The average Bonchev–Trinajstić information content (AvgIpc) is 2.15. The molecule has 6 heteroatoms. The fourth-order valence-corrected chi connectivity index (χ4v) is 1.62. The number of ether oxygens (including phenoxy) is 1. The minimum absolute atomic E-state index is 0. The molecule has 0 spiro atoms. The zero-order valence-electron chi connectivity index (χ0n) is 8.91. The lowest BCUT2D eigenvalue weighted by molar-refractivity contribution is -0.137. The van der Waals surface area contributed by atoms with Crippen molar-refractivity contribution >= 4 is 12.4 Å². The predicted molar refractivity (Wildman–Crippen MR) is 60.3 cm³/mol. The van der Waals surface area contributed by atoms with Crippen molar-refractivity contribution in [3.8, 4) is 5.75 Å². The van der Waals surface area contributed by atoms with E-state index < -0.39 is 11.7 Å². The maximum Gasteiger partial charge on any atom is 0.416 e. The standard InChI is InChI=1S/C11H12F3NO.ClH/c12-11(13,14)7-1-3-9(4-2-7)16-10-5-8(15)6-10;/h1-4,8,10H,5-6,15H2;1H. The van der Waals surface area contributed by atoms with Gasteiger partial charge in [-0.1, -0.05) is 0 Å². The second-order valence-corrected chi connectivity index (χ2v) is 3.99. The van der Waals surface area contributed by atoms with Gasteiger partial charge in [-0.15, -0.1) is 12.4 Å². The first kappa shape index (κ1) is 14.1. The molecule has 0 atom stereocenters. The first-order chi connectivity index (χ1) is 7.45. The molecule has 2 rings (SSSR count). The first-order valence-corrected chi connectivity index (χ1v) is 5.04. The van der Waals surface area contributed by atoms with Gasteiger partial charge in [-0.2, -0.15) is 13.2 Å². The summed E-state index contributed by atoms with van der Waals surface area (Å²) in [6, 6.07) is 4.89. The van der Waals surface area contributed by atoms with Crippen LogP contribution in [-0.4, -0.2) is 12.1 Å². The van der Waals surface area contributed by atoms with E-state index in [1.807, 2.05) is 0 Å². The molecule has 2 N–H and O–H groups in total. The van der Waals surface area contributed by atoms with Crippen LogP contribution in [0.5, 0.6) is 5.75 Å². The minimum Gasteiger partial charge on any atom is -0.490 e. The number of halogens is 4. The van der Waals surface area contributed by atoms with Gasteiger partial charge in [0.05, 0.1) is 5.56 Å². The Morgan fingerprint density at radius 3 is 2.06 bits per heavy atom. The van der Waals surface area contributed by atoms with Crippen LogP contribution in [0.15, 0.2) is 24.3 Å². The molecule has 0 amide bonds. The highest BCUT2D eigenvalue weighted by molar-refractivity contribution is 5.85. The van der Waals surface area contributed by atoms with Gasteiger partial charge >= 0.3 is 6.18 Å². The van der Waals surface area contributed by atoms with Gasteiger partial charge in [0.2, 0.25) is 0 Å². The topological polar surface area (TPSA) is 35.2 Å². The molecule has 0 unspecified atom stereocenters. The monoisotopic (exact) mass is 267 g/mol. The summed E-state index contributed by atoms with van der Waals surface area (Å²) in [6.07, 6.45) is -2.72. The second-order valence-electron chi connectivity index (χ2n) is 3.99. The van der Waals surface area contributed by atoms with E-state index in [0.717, 1.165) is 25.0 Å². The van der Waals surface area contributed by atoms with Gasteiger partial charge in [0.1, 0.15) is 11.9 Å². The molecule has 1 aliphatic carbocycles. The molecule has 1 saturated carbocycles. The van der Waals surface area contributed by atoms with Crippen LogP contribution in [0.1, 0.15) is 18.4 Å². The molecule has 0 heterocycles. The molecule has 2 nitrogen and oxygen atoms in total. The Morgan fingerprint density at radius 2 is 1.65 bits per heavy atom. The average molecular weight is 268 g/mol. The number of benzene rings is 1. The van der Waals surface area contributed by atoms with E-state index in [1.165, 1.54) is 12.1 Å². The van der Waals surface area contributed by atoms with Gasteiger partial charge in [-0.3, -0.25) is 0 Å². The number of alkyl halides is 3. The Bertz CT molecular complexity index is 360. The molecule has 17 heavy (non-hydrogen) atoms. The third kappa shape index (κ3) is 3.51. The minimum atomic E-state index is -4.29. The number of rotatable bonds is 2. The lowest BCUT2D eigenvalue weighted by atomic mass is 9.90. The highest BCUT2D eigenvalue weighted by Crippen LogP contribution is 2.31. The van der Waals surface area contributed by atoms with Crippen molar-refractivity contribution in [1.82, 2.24) is 0 Å². The van der Waals surface area contributed by atoms with E-state index in [1.54, 1.807) is 0 Å². The van der Waals surface area contributed by atoms with Gasteiger partial charge in [-0.25, -0.2) is 0 Å². The molecule has 1 fully saturated rings. The highest BCUT2D eigenvalue weighted by atomic mass is 35.5. The maximum atomic E-state index is 12.3. The quantitative estimate of drug-likeness (QED) is 0.894. The summed E-state index contributed by atoms with van der Waals surface area (Å²) >= 11 is 0. The number of nitrogens with two attached hydrogens (primary N) is 1. The van der Waals surface area contributed by atoms with Gasteiger partial charge in [-0.05, 0) is 37.1 Å². The van der Waals surface area contributed by atoms with Crippen molar-refractivity contribution in [2.45, 2.75) is 31.2 Å². The molecule has 96 valence electrons. The van der Waals surface area contributed by atoms with Crippen molar-refractivity contribution in [1.29, 1.82) is 0 Å². The zero-order valence-corrected chi connectivity index (χ0v) is 9.72. The Hall–Kier alpha value is -0.940. The summed E-state index contributed by atoms with van der Waals surface area (Å²) in [5, 5.41) is 0. The van der Waals surface area contributed by atoms with Gasteiger partial charge in [0.15, 0.2) is 0 Å². The van der Waals surface area contributed by atoms with Crippen LogP contribution in [0.3, 0.4) is 0 Å². The Balaban J connectivity index is 0.00000144. The van der Waals surface area contributed by atoms with Crippen molar-refractivity contribution in [2.75, 3.05) is 0 Å². The molecule has 0 saturated heterocycles. The van der Waals surface area contributed by atoms with Crippen molar-refractivity contribution in [3.05, 3.63) is 29.8 Å². The van der Waals surface area contributed by atoms with E-state index in [0.29, 0.717) is 5.75 Å². The third-order valence-corrected chi connectivity index (χ3v) is 2.62. The van der Waals surface area contributed by atoms with Crippen LogP contribution >= 0.6 is 12.4 Å². The van der Waals surface area contributed by atoms with E-state index in [9.17, 15) is 13.2 Å². The number of hydrogen-bond acceptors (Lipinski definition) is 2. The summed E-state index contributed by atoms with van der Waals surface area (Å²) in [5.41, 5.74) is 4.91. The van der Waals surface area contributed by atoms with Crippen LogP contribution in [-0.2, 0) is 6.18 Å². The van der Waals surface area contributed by atoms with E-state index in [4.69, 9.17) is 10.5 Å². The fraction of sp³-hybridized carbons (Fsp3) is 0.455. The van der Waals surface area contributed by atoms with Crippen LogP contribution in [0.4, 0.5) is 13.2 Å². The SMILES string of the molecule is Cl.NC1CC(Oc2ccc(C(F)(F)F)cc2)C1. The van der Waals surface area contributed by atoms with Crippen molar-refractivity contribution in [2.24, 2.45) is 5.73 Å². The molecule has 0 aliphatic heterocycles. The van der Waals surface area contributed by atoms with Gasteiger partial charge < -0.3 is 10.5 Å².